The molecule has 0 spiro atoms. The first-order valence-electron chi connectivity index (χ1n) is 6.04. The molecule has 1 aromatic heterocycles. The van der Waals surface area contributed by atoms with Crippen LogP contribution in [0.2, 0.25) is 0 Å². The second-order valence-corrected chi connectivity index (χ2v) is 4.65. The number of nitrogens with one attached hydrogen (secondary N) is 1. The summed E-state index contributed by atoms with van der Waals surface area (Å²) in [5, 5.41) is 3.41. The number of rotatable bonds is 5. The minimum Gasteiger partial charge on any atom is -0.472 e. The highest BCUT2D eigenvalue weighted by atomic mass is 16.5. The van der Waals surface area contributed by atoms with E-state index in [1.807, 2.05) is 26.5 Å². The van der Waals surface area contributed by atoms with Gasteiger partial charge in [0, 0.05) is 13.2 Å². The lowest BCUT2D eigenvalue weighted by Gasteiger charge is -2.36. The van der Waals surface area contributed by atoms with Crippen molar-refractivity contribution in [3.05, 3.63) is 24.2 Å². The molecule has 1 unspecified atom stereocenters. The topological polar surface area (TPSA) is 34.4 Å². The van der Waals surface area contributed by atoms with Gasteiger partial charge in [-0.1, -0.05) is 12.8 Å². The van der Waals surface area contributed by atoms with Crippen molar-refractivity contribution < 1.29 is 9.15 Å². The van der Waals surface area contributed by atoms with Crippen molar-refractivity contribution in [2.75, 3.05) is 14.2 Å². The fraction of sp³-hybridized carbons (Fsp3) is 0.692. The van der Waals surface area contributed by atoms with Crippen LogP contribution in [0.25, 0.3) is 0 Å². The molecule has 1 heterocycles. The van der Waals surface area contributed by atoms with Crippen LogP contribution < -0.4 is 5.32 Å². The first-order valence-corrected chi connectivity index (χ1v) is 6.04. The average Bonchev–Trinajstić information content (AvgIpc) is 2.97. The standard InChI is InChI=1S/C13H21NO2/c1-14-12(9-11-5-8-16-10-11)13(15-2)6-3-4-7-13/h5,8,10,12,14H,3-4,6-7,9H2,1-2H3. The van der Waals surface area contributed by atoms with E-state index in [4.69, 9.17) is 9.15 Å². The predicted octanol–water partition coefficient (Wildman–Crippen LogP) is 2.37. The van der Waals surface area contributed by atoms with Gasteiger partial charge < -0.3 is 14.5 Å². The Morgan fingerprint density at radius 1 is 1.50 bits per heavy atom. The maximum absolute atomic E-state index is 5.81. The van der Waals surface area contributed by atoms with E-state index < -0.39 is 0 Å². The minimum atomic E-state index is 0.0199. The lowest BCUT2D eigenvalue weighted by molar-refractivity contribution is -0.0336. The zero-order valence-electron chi connectivity index (χ0n) is 10.2. The van der Waals surface area contributed by atoms with Crippen molar-refractivity contribution >= 4 is 0 Å². The van der Waals surface area contributed by atoms with Gasteiger partial charge in [0.05, 0.1) is 18.1 Å². The van der Waals surface area contributed by atoms with E-state index in [0.29, 0.717) is 6.04 Å². The molecule has 16 heavy (non-hydrogen) atoms. The van der Waals surface area contributed by atoms with Crippen LogP contribution in [-0.4, -0.2) is 25.8 Å². The second-order valence-electron chi connectivity index (χ2n) is 4.65. The van der Waals surface area contributed by atoms with Crippen molar-refractivity contribution in [2.24, 2.45) is 0 Å². The summed E-state index contributed by atoms with van der Waals surface area (Å²) in [6.07, 6.45) is 9.40. The Labute approximate surface area is 97.2 Å². The lowest BCUT2D eigenvalue weighted by Crippen LogP contribution is -2.50. The van der Waals surface area contributed by atoms with Gasteiger partial charge in [-0.25, -0.2) is 0 Å². The molecule has 1 aromatic rings. The minimum absolute atomic E-state index is 0.0199. The molecule has 1 saturated carbocycles. The number of hydrogen-bond acceptors (Lipinski definition) is 3. The third-order valence-electron chi connectivity index (χ3n) is 3.86. The number of hydrogen-bond donors (Lipinski definition) is 1. The number of methoxy groups -OCH3 is 1. The molecule has 0 radical (unpaired) electrons. The maximum Gasteiger partial charge on any atom is 0.0935 e. The van der Waals surface area contributed by atoms with E-state index in [9.17, 15) is 0 Å². The van der Waals surface area contributed by atoms with Gasteiger partial charge in [-0.3, -0.25) is 0 Å². The molecule has 1 atom stereocenters. The van der Waals surface area contributed by atoms with E-state index >= 15 is 0 Å². The lowest BCUT2D eigenvalue weighted by atomic mass is 9.88. The van der Waals surface area contributed by atoms with Crippen LogP contribution in [-0.2, 0) is 11.2 Å². The zero-order valence-corrected chi connectivity index (χ0v) is 10.2. The second kappa shape index (κ2) is 5.02. The number of likely N-dealkylation sites (N-methyl/N-ethyl adjacent to an activating group) is 1. The molecule has 0 amide bonds. The number of ether oxygens (including phenoxy) is 1. The van der Waals surface area contributed by atoms with E-state index in [-0.39, 0.29) is 5.60 Å². The van der Waals surface area contributed by atoms with Crippen LogP contribution in [0.4, 0.5) is 0 Å². The third-order valence-corrected chi connectivity index (χ3v) is 3.86. The molecule has 1 fully saturated rings. The largest absolute Gasteiger partial charge is 0.472 e. The molecule has 90 valence electrons. The third kappa shape index (κ3) is 2.15. The first kappa shape index (κ1) is 11.7. The Kier molecular flexibility index (Phi) is 3.66. The Bertz CT molecular complexity index is 302. The van der Waals surface area contributed by atoms with Gasteiger partial charge in [0.15, 0.2) is 0 Å². The fourth-order valence-corrected chi connectivity index (χ4v) is 2.86. The fourth-order valence-electron chi connectivity index (χ4n) is 2.86. The maximum atomic E-state index is 5.81. The molecular formula is C13H21NO2. The summed E-state index contributed by atoms with van der Waals surface area (Å²) in [5.74, 6) is 0. The van der Waals surface area contributed by atoms with Crippen molar-refractivity contribution in [1.29, 1.82) is 0 Å². The molecular weight excluding hydrogens is 202 g/mol. The molecule has 1 aliphatic carbocycles. The van der Waals surface area contributed by atoms with Crippen LogP contribution in [0.15, 0.2) is 23.0 Å². The van der Waals surface area contributed by atoms with Crippen molar-refractivity contribution in [3.63, 3.8) is 0 Å². The van der Waals surface area contributed by atoms with E-state index in [1.54, 1.807) is 6.26 Å². The summed E-state index contributed by atoms with van der Waals surface area (Å²) in [6, 6.07) is 2.40. The Morgan fingerprint density at radius 2 is 2.25 bits per heavy atom. The summed E-state index contributed by atoms with van der Waals surface area (Å²) in [7, 11) is 3.86. The van der Waals surface area contributed by atoms with Gasteiger partial charge in [-0.2, -0.15) is 0 Å². The zero-order chi connectivity index (χ0) is 11.4. The molecule has 0 aliphatic heterocycles. The van der Waals surface area contributed by atoms with Gasteiger partial charge in [0.25, 0.3) is 0 Å². The van der Waals surface area contributed by atoms with Crippen LogP contribution in [0, 0.1) is 0 Å². The molecule has 1 aliphatic rings. The van der Waals surface area contributed by atoms with E-state index in [2.05, 4.69) is 5.32 Å². The molecule has 2 rings (SSSR count). The highest BCUT2D eigenvalue weighted by molar-refractivity contribution is 5.11. The van der Waals surface area contributed by atoms with Gasteiger partial charge >= 0.3 is 0 Å². The Balaban J connectivity index is 2.08. The molecule has 0 aromatic carbocycles. The van der Waals surface area contributed by atoms with E-state index in [0.717, 1.165) is 19.3 Å². The van der Waals surface area contributed by atoms with Crippen LogP contribution in [0.5, 0.6) is 0 Å². The monoisotopic (exact) mass is 223 g/mol. The van der Waals surface area contributed by atoms with Crippen LogP contribution >= 0.6 is 0 Å². The SMILES string of the molecule is CNC(Cc1ccoc1)C1(OC)CCCC1. The summed E-state index contributed by atoms with van der Waals surface area (Å²) in [6.45, 7) is 0. The first-order chi connectivity index (χ1) is 7.80. The van der Waals surface area contributed by atoms with Crippen molar-refractivity contribution in [2.45, 2.75) is 43.7 Å². The summed E-state index contributed by atoms with van der Waals surface area (Å²) < 4.78 is 10.9. The summed E-state index contributed by atoms with van der Waals surface area (Å²) in [4.78, 5) is 0. The summed E-state index contributed by atoms with van der Waals surface area (Å²) >= 11 is 0. The van der Waals surface area contributed by atoms with Crippen LogP contribution in [0.3, 0.4) is 0 Å². The molecule has 0 saturated heterocycles. The van der Waals surface area contributed by atoms with Gasteiger partial charge in [0.1, 0.15) is 0 Å². The molecule has 0 bridgehead atoms. The quantitative estimate of drug-likeness (QED) is 0.832. The van der Waals surface area contributed by atoms with Crippen molar-refractivity contribution in [1.82, 2.24) is 5.32 Å². The smallest absolute Gasteiger partial charge is 0.0935 e. The molecule has 3 nitrogen and oxygen atoms in total. The van der Waals surface area contributed by atoms with Gasteiger partial charge in [-0.15, -0.1) is 0 Å². The normalized spacial score (nSPS) is 21.1. The molecule has 3 heteroatoms. The Hall–Kier alpha value is -0.800. The van der Waals surface area contributed by atoms with Crippen molar-refractivity contribution in [3.8, 4) is 0 Å². The Morgan fingerprint density at radius 3 is 2.75 bits per heavy atom. The molecule has 1 N–H and O–H groups in total. The average molecular weight is 223 g/mol. The number of furan rings is 1. The highest BCUT2D eigenvalue weighted by Crippen LogP contribution is 2.36. The highest BCUT2D eigenvalue weighted by Gasteiger charge is 2.40. The van der Waals surface area contributed by atoms with Crippen LogP contribution in [0.1, 0.15) is 31.2 Å². The van der Waals surface area contributed by atoms with Gasteiger partial charge in [-0.05, 0) is 37.9 Å². The summed E-state index contributed by atoms with van der Waals surface area (Å²) in [5.41, 5.74) is 1.26. The van der Waals surface area contributed by atoms with Gasteiger partial charge in [0.2, 0.25) is 0 Å². The predicted molar refractivity (Wildman–Crippen MR) is 63.5 cm³/mol. The van der Waals surface area contributed by atoms with E-state index in [1.165, 1.54) is 18.4 Å².